The average Bonchev–Trinajstić information content (AvgIpc) is 2.32. The highest BCUT2D eigenvalue weighted by Gasteiger charge is 2.17. The van der Waals surface area contributed by atoms with Gasteiger partial charge in [0.05, 0.1) is 5.02 Å². The van der Waals surface area contributed by atoms with Gasteiger partial charge in [-0.1, -0.05) is 36.5 Å². The van der Waals surface area contributed by atoms with Gasteiger partial charge >= 0.3 is 0 Å². The molecule has 2 atom stereocenters. The Morgan fingerprint density at radius 2 is 2.05 bits per heavy atom. The van der Waals surface area contributed by atoms with Crippen molar-refractivity contribution in [3.8, 4) is 5.75 Å². The molecular weight excluding hydrogens is 285 g/mol. The maximum Gasteiger partial charge on any atom is 0.260 e. The lowest BCUT2D eigenvalue weighted by molar-refractivity contribution is -0.127. The highest BCUT2D eigenvalue weighted by Crippen LogP contribution is 2.28. The molecule has 1 aromatic carbocycles. The molecule has 1 N–H and O–H groups in total. The molecular formula is C14H19Cl2NO2. The van der Waals surface area contributed by atoms with Crippen molar-refractivity contribution >= 4 is 29.1 Å². The molecule has 0 fully saturated rings. The molecule has 2 unspecified atom stereocenters. The number of carbonyl (C=O) groups is 1. The first-order chi connectivity index (χ1) is 8.93. The van der Waals surface area contributed by atoms with Gasteiger partial charge in [0, 0.05) is 11.1 Å². The highest BCUT2D eigenvalue weighted by atomic mass is 35.5. The van der Waals surface area contributed by atoms with Crippen LogP contribution in [0.25, 0.3) is 0 Å². The maximum absolute atomic E-state index is 11.9. The minimum absolute atomic E-state index is 0.143. The van der Waals surface area contributed by atoms with Gasteiger partial charge < -0.3 is 10.1 Å². The predicted octanol–water partition coefficient (Wildman–Crippen LogP) is 4.07. The minimum Gasteiger partial charge on any atom is -0.479 e. The molecule has 0 aliphatic heterocycles. The molecule has 1 amide bonds. The molecule has 0 saturated carbocycles. The Hall–Kier alpha value is -0.930. The second kappa shape index (κ2) is 7.61. The van der Waals surface area contributed by atoms with Crippen LogP contribution in [-0.4, -0.2) is 18.1 Å². The zero-order chi connectivity index (χ0) is 14.4. The molecule has 19 heavy (non-hydrogen) atoms. The van der Waals surface area contributed by atoms with Crippen molar-refractivity contribution in [3.63, 3.8) is 0 Å². The summed E-state index contributed by atoms with van der Waals surface area (Å²) in [7, 11) is 0. The molecule has 0 bridgehead atoms. The lowest BCUT2D eigenvalue weighted by Gasteiger charge is -2.18. The van der Waals surface area contributed by atoms with Gasteiger partial charge in [0.2, 0.25) is 0 Å². The first-order valence-electron chi connectivity index (χ1n) is 6.36. The third-order valence-electron chi connectivity index (χ3n) is 2.68. The number of hydrogen-bond acceptors (Lipinski definition) is 2. The second-order valence-electron chi connectivity index (χ2n) is 4.53. The summed E-state index contributed by atoms with van der Waals surface area (Å²) in [6, 6.07) is 5.06. The van der Waals surface area contributed by atoms with E-state index in [0.717, 1.165) is 12.8 Å². The molecule has 0 spiro atoms. The van der Waals surface area contributed by atoms with Crippen LogP contribution in [0.4, 0.5) is 0 Å². The van der Waals surface area contributed by atoms with E-state index in [0.29, 0.717) is 15.8 Å². The minimum atomic E-state index is -0.599. The predicted molar refractivity (Wildman–Crippen MR) is 79.1 cm³/mol. The van der Waals surface area contributed by atoms with Crippen LogP contribution in [0.1, 0.15) is 33.6 Å². The van der Waals surface area contributed by atoms with Crippen molar-refractivity contribution in [2.75, 3.05) is 0 Å². The van der Waals surface area contributed by atoms with E-state index in [4.69, 9.17) is 27.9 Å². The van der Waals surface area contributed by atoms with E-state index in [1.54, 1.807) is 25.1 Å². The van der Waals surface area contributed by atoms with E-state index in [9.17, 15) is 4.79 Å². The van der Waals surface area contributed by atoms with Crippen LogP contribution in [0.3, 0.4) is 0 Å². The van der Waals surface area contributed by atoms with Crippen LogP contribution in [0.2, 0.25) is 10.0 Å². The fourth-order valence-electron chi connectivity index (χ4n) is 1.68. The van der Waals surface area contributed by atoms with E-state index in [1.807, 2.05) is 6.92 Å². The van der Waals surface area contributed by atoms with Crippen molar-refractivity contribution in [1.82, 2.24) is 5.32 Å². The number of halogens is 2. The van der Waals surface area contributed by atoms with Crippen molar-refractivity contribution < 1.29 is 9.53 Å². The topological polar surface area (TPSA) is 38.3 Å². The first-order valence-corrected chi connectivity index (χ1v) is 7.11. The average molecular weight is 304 g/mol. The van der Waals surface area contributed by atoms with E-state index in [-0.39, 0.29) is 11.9 Å². The zero-order valence-corrected chi connectivity index (χ0v) is 12.9. The number of hydrogen-bond donors (Lipinski definition) is 1. The van der Waals surface area contributed by atoms with Gasteiger partial charge in [0.25, 0.3) is 5.91 Å². The number of amides is 1. The lowest BCUT2D eigenvalue weighted by atomic mass is 10.2. The zero-order valence-electron chi connectivity index (χ0n) is 11.4. The maximum atomic E-state index is 11.9. The number of nitrogens with one attached hydrogen (secondary N) is 1. The van der Waals surface area contributed by atoms with Crippen molar-refractivity contribution in [2.45, 2.75) is 45.8 Å². The lowest BCUT2D eigenvalue weighted by Crippen LogP contribution is -2.41. The Morgan fingerprint density at radius 1 is 1.37 bits per heavy atom. The Labute approximate surface area is 124 Å². The van der Waals surface area contributed by atoms with Crippen LogP contribution < -0.4 is 10.1 Å². The van der Waals surface area contributed by atoms with Crippen LogP contribution in [0, 0.1) is 0 Å². The van der Waals surface area contributed by atoms with Crippen LogP contribution >= 0.6 is 23.2 Å². The number of rotatable bonds is 6. The van der Waals surface area contributed by atoms with Gasteiger partial charge in [-0.25, -0.2) is 0 Å². The van der Waals surface area contributed by atoms with E-state index in [2.05, 4.69) is 12.2 Å². The number of carbonyl (C=O) groups excluding carboxylic acids is 1. The normalized spacial score (nSPS) is 13.7. The van der Waals surface area contributed by atoms with Gasteiger partial charge in [-0.15, -0.1) is 0 Å². The van der Waals surface area contributed by atoms with Gasteiger partial charge in [0.1, 0.15) is 5.75 Å². The third kappa shape index (κ3) is 5.29. The van der Waals surface area contributed by atoms with E-state index < -0.39 is 6.10 Å². The van der Waals surface area contributed by atoms with Crippen LogP contribution in [0.5, 0.6) is 5.75 Å². The Bertz CT molecular complexity index is 437. The fourth-order valence-corrected chi connectivity index (χ4v) is 2.13. The largest absolute Gasteiger partial charge is 0.479 e. The molecule has 0 radical (unpaired) electrons. The van der Waals surface area contributed by atoms with Crippen molar-refractivity contribution in [1.29, 1.82) is 0 Å². The molecule has 0 heterocycles. The summed E-state index contributed by atoms with van der Waals surface area (Å²) in [5.41, 5.74) is 0. The molecule has 1 aromatic rings. The molecule has 5 heteroatoms. The Morgan fingerprint density at radius 3 is 2.63 bits per heavy atom. The quantitative estimate of drug-likeness (QED) is 0.860. The van der Waals surface area contributed by atoms with Gasteiger partial charge in [0.15, 0.2) is 6.10 Å². The van der Waals surface area contributed by atoms with E-state index in [1.165, 1.54) is 0 Å². The monoisotopic (exact) mass is 303 g/mol. The van der Waals surface area contributed by atoms with E-state index >= 15 is 0 Å². The van der Waals surface area contributed by atoms with Crippen molar-refractivity contribution in [2.24, 2.45) is 0 Å². The van der Waals surface area contributed by atoms with Gasteiger partial charge in [-0.2, -0.15) is 0 Å². The standard InChI is InChI=1S/C14H19Cl2NO2/c1-4-5-9(2)17-14(18)10(3)19-13-7-6-11(15)8-12(13)16/h6-10H,4-5H2,1-3H3,(H,17,18). The van der Waals surface area contributed by atoms with Gasteiger partial charge in [-0.05, 0) is 38.5 Å². The first kappa shape index (κ1) is 16.1. The summed E-state index contributed by atoms with van der Waals surface area (Å²) in [4.78, 5) is 11.9. The summed E-state index contributed by atoms with van der Waals surface area (Å²) in [5.74, 6) is 0.309. The van der Waals surface area contributed by atoms with Crippen LogP contribution in [-0.2, 0) is 4.79 Å². The van der Waals surface area contributed by atoms with Crippen LogP contribution in [0.15, 0.2) is 18.2 Å². The molecule has 0 saturated heterocycles. The summed E-state index contributed by atoms with van der Waals surface area (Å²) in [6.45, 7) is 5.75. The summed E-state index contributed by atoms with van der Waals surface area (Å²) in [6.07, 6.45) is 1.37. The second-order valence-corrected chi connectivity index (χ2v) is 5.38. The fraction of sp³-hybridized carbons (Fsp3) is 0.500. The molecule has 1 rings (SSSR count). The smallest absolute Gasteiger partial charge is 0.260 e. The third-order valence-corrected chi connectivity index (χ3v) is 3.21. The molecule has 3 nitrogen and oxygen atoms in total. The Balaban J connectivity index is 2.58. The van der Waals surface area contributed by atoms with Crippen molar-refractivity contribution in [3.05, 3.63) is 28.2 Å². The molecule has 106 valence electrons. The molecule has 0 aliphatic rings. The number of benzene rings is 1. The summed E-state index contributed by atoms with van der Waals surface area (Å²) < 4.78 is 5.54. The number of ether oxygens (including phenoxy) is 1. The Kier molecular flexibility index (Phi) is 6.46. The summed E-state index contributed by atoms with van der Waals surface area (Å²) >= 11 is 11.8. The SMILES string of the molecule is CCCC(C)NC(=O)C(C)Oc1ccc(Cl)cc1Cl. The summed E-state index contributed by atoms with van der Waals surface area (Å²) in [5, 5.41) is 3.83. The molecule has 0 aliphatic carbocycles. The highest BCUT2D eigenvalue weighted by molar-refractivity contribution is 6.35. The van der Waals surface area contributed by atoms with Gasteiger partial charge in [-0.3, -0.25) is 4.79 Å². The molecule has 0 aromatic heterocycles.